The van der Waals surface area contributed by atoms with Gasteiger partial charge >= 0.3 is 0 Å². The molecule has 0 aliphatic carbocycles. The average molecular weight is 412 g/mol. The molecule has 6 heterocycles. The van der Waals surface area contributed by atoms with E-state index in [0.29, 0.717) is 17.8 Å². The van der Waals surface area contributed by atoms with Gasteiger partial charge in [-0.25, -0.2) is 0 Å². The Hall–Kier alpha value is -3.25. The van der Waals surface area contributed by atoms with Crippen LogP contribution in [0, 0.1) is 5.92 Å². The first-order valence-corrected chi connectivity index (χ1v) is 11.0. The molecule has 3 aromatic heterocycles. The number of hydrogen-bond acceptors (Lipinski definition) is 5. The normalized spacial score (nSPS) is 25.0. The van der Waals surface area contributed by atoms with Gasteiger partial charge in [0, 0.05) is 41.1 Å². The molecule has 1 N–H and O–H groups in total. The Morgan fingerprint density at radius 1 is 1.03 bits per heavy atom. The standard InChI is InChI=1S/C25H25N5O/c1-2-17(16-26-10-1)14-23-25(18-8-12-30(23)13-9-18)31-24-6-5-22(28-29-24)19-3-4-21-20(15-19)7-11-27-21/h1-7,10-11,15-16,18,23,25,27H,8-9,12-14H2. The van der Waals surface area contributed by atoms with Gasteiger partial charge in [0.1, 0.15) is 6.10 Å². The van der Waals surface area contributed by atoms with Crippen LogP contribution < -0.4 is 4.74 Å². The van der Waals surface area contributed by atoms with Gasteiger partial charge in [-0.05, 0) is 74.2 Å². The van der Waals surface area contributed by atoms with Gasteiger partial charge in [-0.15, -0.1) is 10.2 Å². The van der Waals surface area contributed by atoms with E-state index >= 15 is 0 Å². The van der Waals surface area contributed by atoms with Gasteiger partial charge in [-0.3, -0.25) is 9.88 Å². The summed E-state index contributed by atoms with van der Waals surface area (Å²) in [5.74, 6) is 1.19. The number of piperidine rings is 3. The molecule has 4 aromatic rings. The van der Waals surface area contributed by atoms with E-state index in [1.807, 2.05) is 36.8 Å². The number of ether oxygens (including phenoxy) is 1. The van der Waals surface area contributed by atoms with Gasteiger partial charge in [0.05, 0.1) is 11.7 Å². The third kappa shape index (κ3) is 3.57. The highest BCUT2D eigenvalue weighted by Crippen LogP contribution is 2.36. The summed E-state index contributed by atoms with van der Waals surface area (Å²) >= 11 is 0. The van der Waals surface area contributed by atoms with Crippen molar-refractivity contribution in [3.63, 3.8) is 0 Å². The van der Waals surface area contributed by atoms with Crippen LogP contribution >= 0.6 is 0 Å². The van der Waals surface area contributed by atoms with E-state index in [4.69, 9.17) is 4.74 Å². The van der Waals surface area contributed by atoms with Gasteiger partial charge < -0.3 is 9.72 Å². The van der Waals surface area contributed by atoms with Crippen molar-refractivity contribution in [2.45, 2.75) is 31.4 Å². The number of rotatable bonds is 5. The van der Waals surface area contributed by atoms with Crippen LogP contribution in [-0.2, 0) is 6.42 Å². The lowest BCUT2D eigenvalue weighted by molar-refractivity contribution is -0.0599. The van der Waals surface area contributed by atoms with Crippen molar-refractivity contribution >= 4 is 10.9 Å². The average Bonchev–Trinajstić information content (AvgIpc) is 3.30. The van der Waals surface area contributed by atoms with E-state index in [9.17, 15) is 0 Å². The maximum Gasteiger partial charge on any atom is 0.233 e. The predicted octanol–water partition coefficient (Wildman–Crippen LogP) is 4.10. The fraction of sp³-hybridized carbons (Fsp3) is 0.320. The number of pyridine rings is 1. The Bertz CT molecular complexity index is 1170. The van der Waals surface area contributed by atoms with Crippen LogP contribution in [0.25, 0.3) is 22.2 Å². The number of nitrogens with one attached hydrogen (secondary N) is 1. The molecule has 0 radical (unpaired) electrons. The van der Waals surface area contributed by atoms with Crippen LogP contribution in [0.4, 0.5) is 0 Å². The Labute approximate surface area is 181 Å². The van der Waals surface area contributed by atoms with Crippen molar-refractivity contribution in [1.29, 1.82) is 0 Å². The number of nitrogens with zero attached hydrogens (tertiary/aromatic N) is 4. The van der Waals surface area contributed by atoms with Crippen molar-refractivity contribution < 1.29 is 4.74 Å². The second kappa shape index (κ2) is 7.78. The van der Waals surface area contributed by atoms with Crippen molar-refractivity contribution in [1.82, 2.24) is 25.1 Å². The zero-order valence-corrected chi connectivity index (χ0v) is 17.3. The summed E-state index contributed by atoms with van der Waals surface area (Å²) in [5, 5.41) is 10.1. The third-order valence-electron chi connectivity index (χ3n) is 6.80. The lowest BCUT2D eigenvalue weighted by atomic mass is 9.78. The molecule has 2 unspecified atom stereocenters. The third-order valence-corrected chi connectivity index (χ3v) is 6.80. The molecular weight excluding hydrogens is 386 g/mol. The van der Waals surface area contributed by atoms with E-state index < -0.39 is 0 Å². The van der Waals surface area contributed by atoms with Gasteiger partial charge in [-0.1, -0.05) is 12.1 Å². The molecule has 3 saturated heterocycles. The molecule has 3 aliphatic heterocycles. The van der Waals surface area contributed by atoms with Crippen molar-refractivity contribution in [3.8, 4) is 17.1 Å². The number of H-pyrrole nitrogens is 1. The van der Waals surface area contributed by atoms with Crippen molar-refractivity contribution in [2.24, 2.45) is 5.92 Å². The Morgan fingerprint density at radius 3 is 2.77 bits per heavy atom. The van der Waals surface area contributed by atoms with E-state index in [1.54, 1.807) is 0 Å². The second-order valence-corrected chi connectivity index (χ2v) is 8.63. The summed E-state index contributed by atoms with van der Waals surface area (Å²) in [7, 11) is 0. The van der Waals surface area contributed by atoms with E-state index in [0.717, 1.165) is 36.3 Å². The number of aromatic nitrogens is 4. The summed E-state index contributed by atoms with van der Waals surface area (Å²) < 4.78 is 6.48. The first-order chi connectivity index (χ1) is 15.3. The molecule has 156 valence electrons. The maximum atomic E-state index is 6.48. The van der Waals surface area contributed by atoms with Crippen molar-refractivity contribution in [2.75, 3.05) is 13.1 Å². The smallest absolute Gasteiger partial charge is 0.233 e. The van der Waals surface area contributed by atoms with E-state index in [2.05, 4.69) is 55.4 Å². The molecule has 2 bridgehead atoms. The number of benzene rings is 1. The molecule has 3 fully saturated rings. The molecule has 0 spiro atoms. The zero-order valence-electron chi connectivity index (χ0n) is 17.3. The summed E-state index contributed by atoms with van der Waals surface area (Å²) in [5.41, 5.74) is 4.30. The first kappa shape index (κ1) is 18.5. The highest BCUT2D eigenvalue weighted by atomic mass is 16.5. The zero-order chi connectivity index (χ0) is 20.6. The highest BCUT2D eigenvalue weighted by Gasteiger charge is 2.43. The van der Waals surface area contributed by atoms with Crippen LogP contribution in [0.5, 0.6) is 5.88 Å². The lowest BCUT2D eigenvalue weighted by Crippen LogP contribution is -2.60. The Morgan fingerprint density at radius 2 is 1.97 bits per heavy atom. The van der Waals surface area contributed by atoms with Crippen LogP contribution in [-0.4, -0.2) is 50.3 Å². The molecule has 0 saturated carbocycles. The maximum absolute atomic E-state index is 6.48. The summed E-state index contributed by atoms with van der Waals surface area (Å²) in [6.45, 7) is 2.31. The monoisotopic (exact) mass is 411 g/mol. The lowest BCUT2D eigenvalue weighted by Gasteiger charge is -2.50. The quantitative estimate of drug-likeness (QED) is 0.535. The number of fused-ring (bicyclic) bond motifs is 4. The molecule has 3 aliphatic rings. The van der Waals surface area contributed by atoms with Crippen LogP contribution in [0.1, 0.15) is 18.4 Å². The SMILES string of the molecule is c1cncc(CC2C(Oc3ccc(-c4ccc5[nH]ccc5c4)nn3)C3CCN2CC3)c1. The molecule has 2 atom stereocenters. The van der Waals surface area contributed by atoms with Gasteiger partial charge in [0.2, 0.25) is 5.88 Å². The number of aromatic amines is 1. The van der Waals surface area contributed by atoms with Crippen LogP contribution in [0.3, 0.4) is 0 Å². The molecule has 7 rings (SSSR count). The molecule has 31 heavy (non-hydrogen) atoms. The largest absolute Gasteiger partial charge is 0.471 e. The molecular formula is C25H25N5O. The Balaban J connectivity index is 1.22. The fourth-order valence-electron chi connectivity index (χ4n) is 5.17. The summed E-state index contributed by atoms with van der Waals surface area (Å²) in [4.78, 5) is 10.1. The minimum atomic E-state index is 0.138. The van der Waals surface area contributed by atoms with E-state index in [1.165, 1.54) is 23.8 Å². The highest BCUT2D eigenvalue weighted by molar-refractivity contribution is 5.84. The van der Waals surface area contributed by atoms with Crippen LogP contribution in [0.2, 0.25) is 0 Å². The Kier molecular flexibility index (Phi) is 4.65. The van der Waals surface area contributed by atoms with Crippen molar-refractivity contribution in [3.05, 3.63) is 72.7 Å². The fourth-order valence-corrected chi connectivity index (χ4v) is 5.17. The molecule has 6 heteroatoms. The van der Waals surface area contributed by atoms with Crippen LogP contribution in [0.15, 0.2) is 67.1 Å². The van der Waals surface area contributed by atoms with Gasteiger partial charge in [-0.2, -0.15) is 0 Å². The van der Waals surface area contributed by atoms with E-state index in [-0.39, 0.29) is 6.10 Å². The first-order valence-electron chi connectivity index (χ1n) is 11.0. The molecule has 0 amide bonds. The molecule has 6 nitrogen and oxygen atoms in total. The topological polar surface area (TPSA) is 66.9 Å². The molecule has 1 aromatic carbocycles. The minimum Gasteiger partial charge on any atom is -0.471 e. The summed E-state index contributed by atoms with van der Waals surface area (Å²) in [6, 6.07) is 16.8. The predicted molar refractivity (Wildman–Crippen MR) is 120 cm³/mol. The minimum absolute atomic E-state index is 0.138. The second-order valence-electron chi connectivity index (χ2n) is 8.63. The summed E-state index contributed by atoms with van der Waals surface area (Å²) in [6.07, 6.45) is 9.22. The van der Waals surface area contributed by atoms with Gasteiger partial charge in [0.15, 0.2) is 0 Å². The number of hydrogen-bond donors (Lipinski definition) is 1. The van der Waals surface area contributed by atoms with Gasteiger partial charge in [0.25, 0.3) is 0 Å².